The molecular formula is C17H16N2OS. The Bertz CT molecular complexity index is 730. The topological polar surface area (TPSA) is 52.9 Å². The summed E-state index contributed by atoms with van der Waals surface area (Å²) in [5.74, 6) is -0.379. The van der Waals surface area contributed by atoms with E-state index >= 15 is 0 Å². The van der Waals surface area contributed by atoms with E-state index in [1.165, 1.54) is 11.3 Å². The number of nitriles is 1. The van der Waals surface area contributed by atoms with Gasteiger partial charge in [-0.1, -0.05) is 6.07 Å². The lowest BCUT2D eigenvalue weighted by Crippen LogP contribution is -2.13. The summed E-state index contributed by atoms with van der Waals surface area (Å²) in [5.41, 5.74) is 4.02. The summed E-state index contributed by atoms with van der Waals surface area (Å²) < 4.78 is 0. The van der Waals surface area contributed by atoms with Gasteiger partial charge in [-0.05, 0) is 67.1 Å². The molecule has 1 aromatic heterocycles. The third kappa shape index (κ3) is 3.80. The van der Waals surface area contributed by atoms with E-state index in [1.807, 2.05) is 56.5 Å². The highest BCUT2D eigenvalue weighted by Gasteiger charge is 2.11. The van der Waals surface area contributed by atoms with Gasteiger partial charge >= 0.3 is 0 Å². The smallest absolute Gasteiger partial charge is 0.266 e. The minimum atomic E-state index is -0.379. The third-order valence-corrected chi connectivity index (χ3v) is 3.99. The van der Waals surface area contributed by atoms with Crippen molar-refractivity contribution in [3.05, 3.63) is 56.8 Å². The summed E-state index contributed by atoms with van der Waals surface area (Å²) in [7, 11) is 0. The molecular weight excluding hydrogens is 280 g/mol. The second kappa shape index (κ2) is 6.38. The summed E-state index contributed by atoms with van der Waals surface area (Å²) >= 11 is 1.51. The lowest BCUT2D eigenvalue weighted by molar-refractivity contribution is -0.112. The van der Waals surface area contributed by atoms with Gasteiger partial charge in [-0.2, -0.15) is 5.26 Å². The van der Waals surface area contributed by atoms with Gasteiger partial charge in [0, 0.05) is 10.6 Å². The van der Waals surface area contributed by atoms with E-state index in [-0.39, 0.29) is 11.5 Å². The minimum absolute atomic E-state index is 0.111. The molecule has 106 valence electrons. The van der Waals surface area contributed by atoms with Gasteiger partial charge < -0.3 is 5.32 Å². The molecule has 3 nitrogen and oxygen atoms in total. The van der Waals surface area contributed by atoms with Crippen LogP contribution in [0, 0.1) is 32.1 Å². The second-order valence-corrected chi connectivity index (χ2v) is 5.92. The van der Waals surface area contributed by atoms with Crippen molar-refractivity contribution in [2.75, 3.05) is 5.32 Å². The molecule has 1 heterocycles. The standard InChI is InChI=1S/C17H16N2OS/c1-11-6-12(2)8-15(7-11)19-17(20)14(10-18)9-16-13(3)4-5-21-16/h4-9H,1-3H3,(H,19,20)/b14-9-. The quantitative estimate of drug-likeness (QED) is 0.681. The van der Waals surface area contributed by atoms with Crippen LogP contribution in [0.1, 0.15) is 21.6 Å². The highest BCUT2D eigenvalue weighted by molar-refractivity contribution is 7.11. The fourth-order valence-corrected chi connectivity index (χ4v) is 2.92. The number of aryl methyl sites for hydroxylation is 3. The first-order chi connectivity index (χ1) is 9.99. The number of amides is 1. The molecule has 1 amide bonds. The van der Waals surface area contributed by atoms with Gasteiger partial charge in [0.25, 0.3) is 5.91 Å². The van der Waals surface area contributed by atoms with Crippen LogP contribution in [0.2, 0.25) is 0 Å². The molecule has 0 saturated carbocycles. The lowest BCUT2D eigenvalue weighted by atomic mass is 10.1. The van der Waals surface area contributed by atoms with Gasteiger partial charge in [-0.3, -0.25) is 4.79 Å². The van der Waals surface area contributed by atoms with Gasteiger partial charge in [-0.25, -0.2) is 0 Å². The molecule has 0 bridgehead atoms. The van der Waals surface area contributed by atoms with Crippen LogP contribution < -0.4 is 5.32 Å². The molecule has 1 N–H and O–H groups in total. The number of anilines is 1. The highest BCUT2D eigenvalue weighted by atomic mass is 32.1. The second-order valence-electron chi connectivity index (χ2n) is 4.97. The molecule has 4 heteroatoms. The zero-order valence-electron chi connectivity index (χ0n) is 12.2. The number of hydrogen-bond acceptors (Lipinski definition) is 3. The SMILES string of the molecule is Cc1cc(C)cc(NC(=O)/C(C#N)=C\c2sccc2C)c1. The Morgan fingerprint density at radius 3 is 2.43 bits per heavy atom. The van der Waals surface area contributed by atoms with Gasteiger partial charge in [0.05, 0.1) is 0 Å². The first-order valence-corrected chi connectivity index (χ1v) is 7.43. The van der Waals surface area contributed by atoms with Gasteiger partial charge in [0.2, 0.25) is 0 Å². The maximum absolute atomic E-state index is 12.2. The molecule has 0 fully saturated rings. The van der Waals surface area contributed by atoms with Crippen LogP contribution >= 0.6 is 11.3 Å². The van der Waals surface area contributed by atoms with Crippen LogP contribution in [0.4, 0.5) is 5.69 Å². The summed E-state index contributed by atoms with van der Waals surface area (Å²) in [5, 5.41) is 13.9. The van der Waals surface area contributed by atoms with E-state index in [9.17, 15) is 10.1 Å². The number of benzene rings is 1. The first kappa shape index (κ1) is 15.0. The fourth-order valence-electron chi connectivity index (χ4n) is 2.06. The summed E-state index contributed by atoms with van der Waals surface area (Å²) in [4.78, 5) is 13.1. The highest BCUT2D eigenvalue weighted by Crippen LogP contribution is 2.20. The van der Waals surface area contributed by atoms with Crippen molar-refractivity contribution in [2.24, 2.45) is 0 Å². The van der Waals surface area contributed by atoms with Crippen LogP contribution in [0.25, 0.3) is 6.08 Å². The van der Waals surface area contributed by atoms with Crippen LogP contribution in [0.3, 0.4) is 0 Å². The van der Waals surface area contributed by atoms with Crippen molar-refractivity contribution in [3.63, 3.8) is 0 Å². The predicted molar refractivity (Wildman–Crippen MR) is 87.2 cm³/mol. The van der Waals surface area contributed by atoms with Gasteiger partial charge in [0.1, 0.15) is 11.6 Å². The third-order valence-electron chi connectivity index (χ3n) is 3.02. The Morgan fingerprint density at radius 2 is 1.90 bits per heavy atom. The van der Waals surface area contributed by atoms with Crippen LogP contribution in [-0.2, 0) is 4.79 Å². The maximum Gasteiger partial charge on any atom is 0.266 e. The number of nitrogens with one attached hydrogen (secondary N) is 1. The largest absolute Gasteiger partial charge is 0.321 e. The van der Waals surface area contributed by atoms with Crippen molar-refractivity contribution in [2.45, 2.75) is 20.8 Å². The Morgan fingerprint density at radius 1 is 1.24 bits per heavy atom. The normalized spacial score (nSPS) is 11.0. The average molecular weight is 296 g/mol. The van der Waals surface area contributed by atoms with E-state index < -0.39 is 0 Å². The molecule has 0 atom stereocenters. The van der Waals surface area contributed by atoms with E-state index in [0.29, 0.717) is 5.69 Å². The Kier molecular flexibility index (Phi) is 4.56. The molecule has 0 saturated heterocycles. The zero-order valence-corrected chi connectivity index (χ0v) is 13.0. The number of thiophene rings is 1. The molecule has 2 aromatic rings. The Labute approximate surface area is 128 Å². The molecule has 0 aliphatic carbocycles. The van der Waals surface area contributed by atoms with Crippen LogP contribution in [0.15, 0.2) is 35.2 Å². The molecule has 2 rings (SSSR count). The first-order valence-electron chi connectivity index (χ1n) is 6.55. The Hall–Kier alpha value is -2.38. The van der Waals surface area contributed by atoms with Crippen molar-refractivity contribution in [1.82, 2.24) is 0 Å². The lowest BCUT2D eigenvalue weighted by Gasteiger charge is -2.07. The van der Waals surface area contributed by atoms with E-state index in [2.05, 4.69) is 5.32 Å². The van der Waals surface area contributed by atoms with E-state index in [0.717, 1.165) is 21.6 Å². The number of hydrogen-bond donors (Lipinski definition) is 1. The molecule has 0 spiro atoms. The monoisotopic (exact) mass is 296 g/mol. The molecule has 0 unspecified atom stereocenters. The summed E-state index contributed by atoms with van der Waals surface area (Å²) in [6.07, 6.45) is 1.64. The minimum Gasteiger partial charge on any atom is -0.321 e. The zero-order chi connectivity index (χ0) is 15.4. The predicted octanol–water partition coefficient (Wildman–Crippen LogP) is 4.22. The summed E-state index contributed by atoms with van der Waals surface area (Å²) in [6.45, 7) is 5.90. The number of nitrogens with zero attached hydrogens (tertiary/aromatic N) is 1. The van der Waals surface area contributed by atoms with Crippen LogP contribution in [-0.4, -0.2) is 5.91 Å². The number of carbonyl (C=O) groups is 1. The van der Waals surface area contributed by atoms with E-state index in [1.54, 1.807) is 6.08 Å². The van der Waals surface area contributed by atoms with Gasteiger partial charge in [-0.15, -0.1) is 11.3 Å². The van der Waals surface area contributed by atoms with Gasteiger partial charge in [0.15, 0.2) is 0 Å². The van der Waals surface area contributed by atoms with Crippen molar-refractivity contribution in [1.29, 1.82) is 5.26 Å². The number of rotatable bonds is 3. The summed E-state index contributed by atoms with van der Waals surface area (Å²) in [6, 6.07) is 9.74. The molecule has 0 radical (unpaired) electrons. The molecule has 21 heavy (non-hydrogen) atoms. The van der Waals surface area contributed by atoms with Crippen molar-refractivity contribution in [3.8, 4) is 6.07 Å². The Balaban J connectivity index is 2.24. The maximum atomic E-state index is 12.2. The number of carbonyl (C=O) groups excluding carboxylic acids is 1. The van der Waals surface area contributed by atoms with Crippen molar-refractivity contribution < 1.29 is 4.79 Å². The fraction of sp³-hybridized carbons (Fsp3) is 0.176. The van der Waals surface area contributed by atoms with Crippen molar-refractivity contribution >= 4 is 29.0 Å². The molecule has 0 aliphatic rings. The van der Waals surface area contributed by atoms with E-state index in [4.69, 9.17) is 0 Å². The van der Waals surface area contributed by atoms with Crippen LogP contribution in [0.5, 0.6) is 0 Å². The molecule has 0 aliphatic heterocycles. The molecule has 1 aromatic carbocycles. The average Bonchev–Trinajstić information content (AvgIpc) is 2.80.